The smallest absolute Gasteiger partial charge is 0.383 e. The molecular formula is C15H18ClN3O6S. The van der Waals surface area contributed by atoms with E-state index in [2.05, 4.69) is 4.98 Å². The van der Waals surface area contributed by atoms with Crippen molar-refractivity contribution < 1.29 is 22.6 Å². The Labute approximate surface area is 155 Å². The van der Waals surface area contributed by atoms with Gasteiger partial charge in [0, 0.05) is 0 Å². The number of imidazole rings is 1. The molecule has 1 heterocycles. The Bertz CT molecular complexity index is 897. The summed E-state index contributed by atoms with van der Waals surface area (Å²) >= 11 is 5.83. The van der Waals surface area contributed by atoms with Crippen molar-refractivity contribution in [3.05, 3.63) is 51.4 Å². The summed E-state index contributed by atoms with van der Waals surface area (Å²) in [5, 5.41) is 21.2. The molecule has 9 nitrogen and oxygen atoms in total. The molecule has 0 spiro atoms. The SMILES string of the molecule is CC[C@](O)(COS(=O)(=O)c1ccc(C)cc1)Cn1cc([N+](=O)[O-])nc1Cl. The van der Waals surface area contributed by atoms with Crippen LogP contribution in [0.25, 0.3) is 0 Å². The number of nitrogens with zero attached hydrogens (tertiary/aromatic N) is 3. The van der Waals surface area contributed by atoms with E-state index in [0.717, 1.165) is 11.8 Å². The fraction of sp³-hybridized carbons (Fsp3) is 0.400. The summed E-state index contributed by atoms with van der Waals surface area (Å²) in [4.78, 5) is 13.6. The molecular weight excluding hydrogens is 386 g/mol. The van der Waals surface area contributed by atoms with E-state index >= 15 is 0 Å². The van der Waals surface area contributed by atoms with Crippen LogP contribution in [0.15, 0.2) is 35.4 Å². The Balaban J connectivity index is 2.14. The average molecular weight is 404 g/mol. The van der Waals surface area contributed by atoms with E-state index in [9.17, 15) is 23.6 Å². The lowest BCUT2D eigenvalue weighted by Gasteiger charge is -2.26. The molecule has 142 valence electrons. The third-order valence-electron chi connectivity index (χ3n) is 3.82. The van der Waals surface area contributed by atoms with Gasteiger partial charge in [-0.25, -0.2) is 0 Å². The molecule has 0 unspecified atom stereocenters. The zero-order chi connectivity index (χ0) is 19.5. The van der Waals surface area contributed by atoms with Crippen molar-refractivity contribution in [2.24, 2.45) is 0 Å². The second-order valence-corrected chi connectivity index (χ2v) is 7.81. The maximum Gasteiger partial charge on any atom is 0.383 e. The first-order valence-electron chi connectivity index (χ1n) is 7.62. The van der Waals surface area contributed by atoms with E-state index in [1.165, 1.54) is 16.7 Å². The van der Waals surface area contributed by atoms with Crippen molar-refractivity contribution in [2.75, 3.05) is 6.61 Å². The van der Waals surface area contributed by atoms with Gasteiger partial charge < -0.3 is 15.2 Å². The number of nitro groups is 1. The van der Waals surface area contributed by atoms with Gasteiger partial charge in [-0.05, 0) is 47.0 Å². The molecule has 0 saturated carbocycles. The average Bonchev–Trinajstić information content (AvgIpc) is 2.94. The number of hydrogen-bond donors (Lipinski definition) is 1. The summed E-state index contributed by atoms with van der Waals surface area (Å²) in [5.41, 5.74) is -0.721. The second kappa shape index (κ2) is 7.70. The summed E-state index contributed by atoms with van der Waals surface area (Å²) in [5.74, 6) is -0.471. The van der Waals surface area contributed by atoms with Crippen molar-refractivity contribution in [3.8, 4) is 0 Å². The third kappa shape index (κ3) is 4.79. The first-order chi connectivity index (χ1) is 12.1. The Hall–Kier alpha value is -2.01. The van der Waals surface area contributed by atoms with Crippen LogP contribution in [0.3, 0.4) is 0 Å². The van der Waals surface area contributed by atoms with E-state index in [1.807, 2.05) is 6.92 Å². The van der Waals surface area contributed by atoms with Crippen molar-refractivity contribution in [1.82, 2.24) is 9.55 Å². The lowest BCUT2D eigenvalue weighted by molar-refractivity contribution is -0.389. The van der Waals surface area contributed by atoms with E-state index in [1.54, 1.807) is 19.1 Å². The highest BCUT2D eigenvalue weighted by Crippen LogP contribution is 2.23. The van der Waals surface area contributed by atoms with E-state index < -0.39 is 33.1 Å². The van der Waals surface area contributed by atoms with Crippen LogP contribution in [-0.2, 0) is 20.8 Å². The maximum atomic E-state index is 12.3. The quantitative estimate of drug-likeness (QED) is 0.407. The Morgan fingerprint density at radius 3 is 2.50 bits per heavy atom. The second-order valence-electron chi connectivity index (χ2n) is 5.86. The fourth-order valence-corrected chi connectivity index (χ4v) is 3.29. The topological polar surface area (TPSA) is 125 Å². The third-order valence-corrected chi connectivity index (χ3v) is 5.40. The molecule has 1 N–H and O–H groups in total. The normalized spacial score (nSPS) is 14.2. The number of benzene rings is 1. The molecule has 0 amide bonds. The van der Waals surface area contributed by atoms with Crippen LogP contribution in [0.5, 0.6) is 0 Å². The first kappa shape index (κ1) is 20.3. The molecule has 0 aliphatic carbocycles. The van der Waals surface area contributed by atoms with Gasteiger partial charge in [-0.15, -0.1) is 0 Å². The molecule has 2 rings (SSSR count). The molecule has 0 aliphatic heterocycles. The molecule has 1 aromatic heterocycles. The van der Waals surface area contributed by atoms with E-state index in [0.29, 0.717) is 0 Å². The number of hydrogen-bond acceptors (Lipinski definition) is 7. The van der Waals surface area contributed by atoms with Crippen LogP contribution in [0.2, 0.25) is 5.28 Å². The number of aliphatic hydroxyl groups is 1. The number of rotatable bonds is 8. The predicted octanol–water partition coefficient (Wildman–Crippen LogP) is 2.30. The summed E-state index contributed by atoms with van der Waals surface area (Å²) in [6, 6.07) is 6.08. The van der Waals surface area contributed by atoms with Crippen LogP contribution in [-0.4, -0.2) is 40.2 Å². The van der Waals surface area contributed by atoms with Crippen LogP contribution in [0, 0.1) is 17.0 Å². The Morgan fingerprint density at radius 1 is 1.38 bits per heavy atom. The van der Waals surface area contributed by atoms with Crippen molar-refractivity contribution in [3.63, 3.8) is 0 Å². The lowest BCUT2D eigenvalue weighted by Crippen LogP contribution is -2.39. The number of halogens is 1. The maximum absolute atomic E-state index is 12.3. The predicted molar refractivity (Wildman–Crippen MR) is 93.4 cm³/mol. The van der Waals surface area contributed by atoms with E-state index in [4.69, 9.17) is 15.8 Å². The van der Waals surface area contributed by atoms with Gasteiger partial charge in [0.05, 0.1) is 18.0 Å². The summed E-state index contributed by atoms with van der Waals surface area (Å²) < 4.78 is 30.7. The van der Waals surface area contributed by atoms with Gasteiger partial charge in [0.2, 0.25) is 0 Å². The van der Waals surface area contributed by atoms with Gasteiger partial charge >= 0.3 is 11.1 Å². The molecule has 0 saturated heterocycles. The van der Waals surface area contributed by atoms with Crippen LogP contribution in [0.1, 0.15) is 18.9 Å². The number of aromatic nitrogens is 2. The first-order valence-corrected chi connectivity index (χ1v) is 9.40. The molecule has 0 fully saturated rings. The van der Waals surface area contributed by atoms with Crippen molar-refractivity contribution in [1.29, 1.82) is 0 Å². The molecule has 0 bridgehead atoms. The van der Waals surface area contributed by atoms with Crippen LogP contribution < -0.4 is 0 Å². The Morgan fingerprint density at radius 2 is 2.00 bits per heavy atom. The summed E-state index contributed by atoms with van der Waals surface area (Å²) in [6.45, 7) is 2.69. The standard InChI is InChI=1S/C15H18ClN3O6S/c1-3-15(20,9-18-8-13(19(21)22)17-14(18)16)10-25-26(23,24)12-6-4-11(2)5-7-12/h4-8,20H,3,9-10H2,1-2H3/t15-/m1/s1. The minimum Gasteiger partial charge on any atom is -0.386 e. The molecule has 2 aromatic rings. The van der Waals surface area contributed by atoms with Crippen molar-refractivity contribution in [2.45, 2.75) is 37.3 Å². The molecule has 26 heavy (non-hydrogen) atoms. The fourth-order valence-electron chi connectivity index (χ4n) is 2.12. The molecule has 1 atom stereocenters. The highest BCUT2D eigenvalue weighted by Gasteiger charge is 2.32. The molecule has 0 radical (unpaired) electrons. The Kier molecular flexibility index (Phi) is 6.02. The van der Waals surface area contributed by atoms with Gasteiger partial charge in [-0.1, -0.05) is 24.6 Å². The minimum atomic E-state index is -4.06. The monoisotopic (exact) mass is 403 g/mol. The summed E-state index contributed by atoms with van der Waals surface area (Å²) in [6.07, 6.45) is 1.19. The van der Waals surface area contributed by atoms with E-state index in [-0.39, 0.29) is 23.1 Å². The van der Waals surface area contributed by atoms with Crippen LogP contribution >= 0.6 is 11.6 Å². The van der Waals surface area contributed by atoms with Gasteiger partial charge in [-0.3, -0.25) is 8.75 Å². The zero-order valence-corrected chi connectivity index (χ0v) is 15.7. The zero-order valence-electron chi connectivity index (χ0n) is 14.1. The van der Waals surface area contributed by atoms with Gasteiger partial charge in [0.1, 0.15) is 11.8 Å². The van der Waals surface area contributed by atoms with Crippen molar-refractivity contribution >= 4 is 27.5 Å². The number of aryl methyl sites for hydroxylation is 1. The minimum absolute atomic E-state index is 0.0298. The molecule has 1 aromatic carbocycles. The van der Waals surface area contributed by atoms with Crippen LogP contribution in [0.4, 0.5) is 5.82 Å². The highest BCUT2D eigenvalue weighted by molar-refractivity contribution is 7.86. The summed E-state index contributed by atoms with van der Waals surface area (Å²) in [7, 11) is -4.06. The largest absolute Gasteiger partial charge is 0.386 e. The lowest BCUT2D eigenvalue weighted by atomic mass is 10.0. The highest BCUT2D eigenvalue weighted by atomic mass is 35.5. The molecule has 0 aliphatic rings. The van der Waals surface area contributed by atoms with Gasteiger partial charge in [0.25, 0.3) is 10.1 Å². The molecule has 11 heteroatoms. The van der Waals surface area contributed by atoms with Gasteiger partial charge in [-0.2, -0.15) is 8.42 Å². The van der Waals surface area contributed by atoms with Gasteiger partial charge in [0.15, 0.2) is 0 Å².